The van der Waals surface area contributed by atoms with E-state index in [1.807, 2.05) is 0 Å². The molecule has 2 aliphatic carbocycles. The van der Waals surface area contributed by atoms with Crippen molar-refractivity contribution < 1.29 is 0 Å². The van der Waals surface area contributed by atoms with Gasteiger partial charge in [0.05, 0.1) is 0 Å². The minimum atomic E-state index is 0.522. The third kappa shape index (κ3) is 1.63. The molecule has 0 spiro atoms. The van der Waals surface area contributed by atoms with Crippen molar-refractivity contribution >= 4 is 12.2 Å². The van der Waals surface area contributed by atoms with Gasteiger partial charge in [-0.15, -0.1) is 0 Å². The summed E-state index contributed by atoms with van der Waals surface area (Å²) in [5.41, 5.74) is 1.42. The minimum Gasteiger partial charge on any atom is -0.300 e. The van der Waals surface area contributed by atoms with Crippen LogP contribution in [-0.4, -0.2) is 14.8 Å². The molecule has 4 heteroatoms. The van der Waals surface area contributed by atoms with E-state index in [-0.39, 0.29) is 0 Å². The fourth-order valence-corrected chi connectivity index (χ4v) is 3.07. The molecular weight excluding hydrogens is 242 g/mol. The fourth-order valence-electron chi connectivity index (χ4n) is 2.79. The lowest BCUT2D eigenvalue weighted by molar-refractivity contribution is 0.658. The molecule has 0 aliphatic heterocycles. The second-order valence-electron chi connectivity index (χ2n) is 5.35. The van der Waals surface area contributed by atoms with Gasteiger partial charge >= 0.3 is 0 Å². The fraction of sp³-hybridized carbons (Fsp3) is 0.429. The van der Waals surface area contributed by atoms with Gasteiger partial charge in [-0.2, -0.15) is 5.10 Å². The second kappa shape index (κ2) is 3.79. The Balaban J connectivity index is 1.66. The van der Waals surface area contributed by atoms with Gasteiger partial charge < -0.3 is 4.57 Å². The van der Waals surface area contributed by atoms with Crippen LogP contribution in [0.25, 0.3) is 0 Å². The van der Waals surface area contributed by atoms with Gasteiger partial charge in [0.15, 0.2) is 4.77 Å². The van der Waals surface area contributed by atoms with Crippen LogP contribution < -0.4 is 0 Å². The zero-order valence-corrected chi connectivity index (χ0v) is 10.9. The second-order valence-corrected chi connectivity index (χ2v) is 5.74. The first-order valence-electron chi connectivity index (χ1n) is 6.56. The van der Waals surface area contributed by atoms with Gasteiger partial charge in [0.1, 0.15) is 5.82 Å². The standard InChI is InChI=1S/C14H15N3S/c18-14-16-15-13(10-6-7-10)17(14)12-8-11(12)9-4-2-1-3-5-9/h1-5,10-12H,6-8H2,(H,16,18). The molecule has 2 aliphatic rings. The molecule has 3 nitrogen and oxygen atoms in total. The van der Waals surface area contributed by atoms with E-state index in [0.717, 1.165) is 4.77 Å². The lowest BCUT2D eigenvalue weighted by Gasteiger charge is -2.05. The molecule has 92 valence electrons. The quantitative estimate of drug-likeness (QED) is 0.853. The van der Waals surface area contributed by atoms with E-state index in [4.69, 9.17) is 12.2 Å². The molecule has 2 aromatic rings. The predicted octanol–water partition coefficient (Wildman–Crippen LogP) is 3.55. The number of hydrogen-bond donors (Lipinski definition) is 1. The Morgan fingerprint density at radius 1 is 1.22 bits per heavy atom. The Hall–Kier alpha value is -1.42. The molecule has 2 atom stereocenters. The molecule has 1 N–H and O–H groups in total. The molecule has 1 heterocycles. The van der Waals surface area contributed by atoms with Gasteiger partial charge in [-0.1, -0.05) is 30.3 Å². The maximum atomic E-state index is 5.38. The summed E-state index contributed by atoms with van der Waals surface area (Å²) in [4.78, 5) is 0. The number of hydrogen-bond acceptors (Lipinski definition) is 2. The molecule has 18 heavy (non-hydrogen) atoms. The monoisotopic (exact) mass is 257 g/mol. The Bertz CT molecular complexity index is 624. The summed E-state index contributed by atoms with van der Waals surface area (Å²) in [5.74, 6) is 2.45. The van der Waals surface area contributed by atoms with Crippen LogP contribution in [0.1, 0.15) is 48.5 Å². The number of rotatable bonds is 3. The van der Waals surface area contributed by atoms with Crippen LogP contribution in [0.4, 0.5) is 0 Å². The number of aromatic amines is 1. The van der Waals surface area contributed by atoms with Gasteiger partial charge in [-0.05, 0) is 37.0 Å². The van der Waals surface area contributed by atoms with E-state index in [0.29, 0.717) is 17.9 Å². The molecule has 2 unspecified atom stereocenters. The summed E-state index contributed by atoms with van der Waals surface area (Å²) < 4.78 is 3.06. The number of aromatic nitrogens is 3. The highest BCUT2D eigenvalue weighted by atomic mass is 32.1. The van der Waals surface area contributed by atoms with Crippen molar-refractivity contribution in [2.24, 2.45) is 0 Å². The van der Waals surface area contributed by atoms with Crippen LogP contribution in [0.5, 0.6) is 0 Å². The van der Waals surface area contributed by atoms with E-state index in [1.165, 1.54) is 30.7 Å². The highest BCUT2D eigenvalue weighted by Gasteiger charge is 2.43. The van der Waals surface area contributed by atoms with E-state index in [2.05, 4.69) is 45.1 Å². The lowest BCUT2D eigenvalue weighted by Crippen LogP contribution is -2.02. The third-order valence-electron chi connectivity index (χ3n) is 3.99. The van der Waals surface area contributed by atoms with E-state index >= 15 is 0 Å². The van der Waals surface area contributed by atoms with Crippen molar-refractivity contribution in [1.29, 1.82) is 0 Å². The highest BCUT2D eigenvalue weighted by molar-refractivity contribution is 7.71. The number of benzene rings is 1. The number of nitrogens with zero attached hydrogens (tertiary/aromatic N) is 2. The topological polar surface area (TPSA) is 33.6 Å². The molecule has 2 saturated carbocycles. The first kappa shape index (κ1) is 10.5. The molecule has 0 saturated heterocycles. The maximum Gasteiger partial charge on any atom is 0.195 e. The van der Waals surface area contributed by atoms with E-state index < -0.39 is 0 Å². The van der Waals surface area contributed by atoms with E-state index in [9.17, 15) is 0 Å². The summed E-state index contributed by atoms with van der Waals surface area (Å²) in [6.07, 6.45) is 3.72. The van der Waals surface area contributed by atoms with Crippen LogP contribution in [-0.2, 0) is 0 Å². The molecular formula is C14H15N3S. The first-order chi connectivity index (χ1) is 8.84. The predicted molar refractivity (Wildman–Crippen MR) is 72.2 cm³/mol. The summed E-state index contributed by atoms with van der Waals surface area (Å²) in [6.45, 7) is 0. The summed E-state index contributed by atoms with van der Waals surface area (Å²) in [7, 11) is 0. The van der Waals surface area contributed by atoms with Crippen LogP contribution in [0.15, 0.2) is 30.3 Å². The summed E-state index contributed by atoms with van der Waals surface area (Å²) >= 11 is 5.38. The average molecular weight is 257 g/mol. The minimum absolute atomic E-state index is 0.522. The molecule has 2 fully saturated rings. The van der Waals surface area contributed by atoms with Crippen LogP contribution in [0.3, 0.4) is 0 Å². The molecule has 1 aromatic carbocycles. The normalized spacial score (nSPS) is 26.2. The Morgan fingerprint density at radius 2 is 2.00 bits per heavy atom. The Morgan fingerprint density at radius 3 is 2.72 bits per heavy atom. The number of H-pyrrole nitrogens is 1. The Labute approximate surface area is 111 Å². The van der Waals surface area contributed by atoms with Gasteiger partial charge in [0.2, 0.25) is 0 Å². The lowest BCUT2D eigenvalue weighted by atomic mass is 10.1. The molecule has 0 amide bonds. The first-order valence-corrected chi connectivity index (χ1v) is 6.97. The van der Waals surface area contributed by atoms with Crippen molar-refractivity contribution in [1.82, 2.24) is 14.8 Å². The van der Waals surface area contributed by atoms with Gasteiger partial charge in [0, 0.05) is 17.9 Å². The largest absolute Gasteiger partial charge is 0.300 e. The van der Waals surface area contributed by atoms with Crippen molar-refractivity contribution in [2.45, 2.75) is 37.1 Å². The van der Waals surface area contributed by atoms with Crippen LogP contribution >= 0.6 is 12.2 Å². The van der Waals surface area contributed by atoms with Gasteiger partial charge in [0.25, 0.3) is 0 Å². The zero-order valence-electron chi connectivity index (χ0n) is 10.0. The molecule has 4 rings (SSSR count). The average Bonchev–Trinajstić information content (AvgIpc) is 3.31. The molecule has 0 bridgehead atoms. The third-order valence-corrected chi connectivity index (χ3v) is 4.28. The summed E-state index contributed by atoms with van der Waals surface area (Å²) in [5, 5.41) is 7.38. The summed E-state index contributed by atoms with van der Waals surface area (Å²) in [6, 6.07) is 11.2. The Kier molecular flexibility index (Phi) is 2.21. The number of nitrogens with one attached hydrogen (secondary N) is 1. The smallest absolute Gasteiger partial charge is 0.195 e. The van der Waals surface area contributed by atoms with Crippen LogP contribution in [0.2, 0.25) is 0 Å². The highest BCUT2D eigenvalue weighted by Crippen LogP contribution is 2.53. The van der Waals surface area contributed by atoms with Gasteiger partial charge in [-0.3, -0.25) is 5.10 Å². The molecule has 0 radical (unpaired) electrons. The SMILES string of the molecule is S=c1[nH]nc(C2CC2)n1C1CC1c1ccccc1. The van der Waals surface area contributed by atoms with Crippen molar-refractivity contribution in [3.8, 4) is 0 Å². The maximum absolute atomic E-state index is 5.38. The van der Waals surface area contributed by atoms with E-state index in [1.54, 1.807) is 0 Å². The van der Waals surface area contributed by atoms with Crippen molar-refractivity contribution in [3.63, 3.8) is 0 Å². The van der Waals surface area contributed by atoms with Crippen LogP contribution in [0, 0.1) is 4.77 Å². The zero-order chi connectivity index (χ0) is 12.1. The van der Waals surface area contributed by atoms with Gasteiger partial charge in [-0.25, -0.2) is 0 Å². The van der Waals surface area contributed by atoms with Crippen molar-refractivity contribution in [3.05, 3.63) is 46.5 Å². The molecule has 1 aromatic heterocycles. The van der Waals surface area contributed by atoms with Crippen molar-refractivity contribution in [2.75, 3.05) is 0 Å².